The summed E-state index contributed by atoms with van der Waals surface area (Å²) < 4.78 is 32.5. The predicted octanol–water partition coefficient (Wildman–Crippen LogP) is 2.25. The van der Waals surface area contributed by atoms with Crippen molar-refractivity contribution in [3.05, 3.63) is 29.3 Å². The molecule has 12 nitrogen and oxygen atoms in total. The van der Waals surface area contributed by atoms with E-state index < -0.39 is 6.04 Å². The number of carbonyl (C=O) groups is 3. The molecule has 1 heterocycles. The number of imide groups is 1. The van der Waals surface area contributed by atoms with Gasteiger partial charge in [0.25, 0.3) is 0 Å². The zero-order valence-electron chi connectivity index (χ0n) is 22.9. The van der Waals surface area contributed by atoms with E-state index in [1.807, 2.05) is 24.1 Å². The lowest BCUT2D eigenvalue weighted by Gasteiger charge is -2.30. The molecule has 40 heavy (non-hydrogen) atoms. The number of hydrogen-bond acceptors (Lipinski definition) is 12. The Labute approximate surface area is 252 Å². The van der Waals surface area contributed by atoms with Gasteiger partial charge in [-0.25, -0.2) is 0 Å². The van der Waals surface area contributed by atoms with Gasteiger partial charge in [-0.3, -0.25) is 24.6 Å². The number of carbonyl (C=O) groups excluding carboxylic acids is 3. The second kappa shape index (κ2) is 22.3. The monoisotopic (exact) mass is 697 g/mol. The summed E-state index contributed by atoms with van der Waals surface area (Å²) in [6.45, 7) is 6.41. The minimum absolute atomic E-state index is 0.254. The van der Waals surface area contributed by atoms with E-state index >= 15 is 0 Å². The van der Waals surface area contributed by atoms with Crippen LogP contribution in [-0.4, -0.2) is 115 Å². The van der Waals surface area contributed by atoms with Crippen molar-refractivity contribution < 1.29 is 42.3 Å². The summed E-state index contributed by atoms with van der Waals surface area (Å²) in [6, 6.07) is 5.03. The minimum Gasteiger partial charge on any atom is -0.382 e. The van der Waals surface area contributed by atoms with Gasteiger partial charge in [0, 0.05) is 52.0 Å². The smallest absolute Gasteiger partial charge is 0.243 e. The molecule has 1 saturated heterocycles. The first-order chi connectivity index (χ1) is 19.6. The first kappa shape index (κ1) is 34.8. The minimum atomic E-state index is -0.423. The molecular weight excluding hydrogens is 657 g/mol. The highest BCUT2D eigenvalue weighted by molar-refractivity contribution is 14.2. The zero-order valence-corrected chi connectivity index (χ0v) is 25.9. The number of amides is 2. The number of halogens is 1. The van der Waals surface area contributed by atoms with Gasteiger partial charge in [0.2, 0.25) is 11.8 Å². The van der Waals surface area contributed by atoms with Crippen LogP contribution in [0.4, 0.5) is 5.69 Å². The number of nitrogens with zero attached hydrogens (tertiary/aromatic N) is 1. The van der Waals surface area contributed by atoms with Crippen molar-refractivity contribution in [1.29, 1.82) is 0 Å². The maximum Gasteiger partial charge on any atom is 0.243 e. The average Bonchev–Trinajstić information content (AvgIpc) is 2.94. The Kier molecular flexibility index (Phi) is 19.4. The lowest BCUT2D eigenvalue weighted by molar-refractivity contribution is -0.137. The summed E-state index contributed by atoms with van der Waals surface area (Å²) in [4.78, 5) is 37.2. The number of aldehydes is 1. The molecule has 1 fully saturated rings. The average molecular weight is 698 g/mol. The van der Waals surface area contributed by atoms with Crippen molar-refractivity contribution in [2.75, 3.05) is 91.6 Å². The predicted molar refractivity (Wildman–Crippen MR) is 160 cm³/mol. The second-order valence-corrected chi connectivity index (χ2v) is 10.2. The fraction of sp³-hybridized carbons (Fsp3) is 0.654. The molecule has 0 aliphatic carbocycles. The molecule has 2 N–H and O–H groups in total. The highest BCUT2D eigenvalue weighted by Gasteiger charge is 2.30. The van der Waals surface area contributed by atoms with E-state index in [9.17, 15) is 14.4 Å². The van der Waals surface area contributed by atoms with Crippen LogP contribution in [0, 0.1) is 0 Å². The molecule has 1 aliphatic rings. The molecule has 1 atom stereocenters. The van der Waals surface area contributed by atoms with Crippen LogP contribution < -0.4 is 10.6 Å². The lowest BCUT2D eigenvalue weighted by atomic mass is 10.0. The zero-order chi connectivity index (χ0) is 28.8. The fourth-order valence-corrected chi connectivity index (χ4v) is 4.55. The van der Waals surface area contributed by atoms with Gasteiger partial charge < -0.3 is 33.2 Å². The van der Waals surface area contributed by atoms with E-state index in [1.54, 1.807) is 6.07 Å². The van der Waals surface area contributed by atoms with Crippen molar-refractivity contribution in [3.63, 3.8) is 0 Å². The van der Waals surface area contributed by atoms with Crippen molar-refractivity contribution >= 4 is 54.2 Å². The number of benzene rings is 1. The van der Waals surface area contributed by atoms with Gasteiger partial charge in [-0.2, -0.15) is 0 Å². The van der Waals surface area contributed by atoms with Gasteiger partial charge in [-0.1, -0.05) is 12.1 Å². The first-order valence-electron chi connectivity index (χ1n) is 13.2. The molecule has 0 bridgehead atoms. The van der Waals surface area contributed by atoms with E-state index in [2.05, 4.69) is 31.8 Å². The number of hydrogen-bond donors (Lipinski definition) is 2. The SMILES string of the molecule is CN(Cc1c(C=O)cccc1NCCOCCOCCOCCOCCOCCOSI)C1CCC(=O)NC1=O. The molecule has 1 unspecified atom stereocenters. The molecule has 14 heteroatoms. The van der Waals surface area contributed by atoms with Crippen molar-refractivity contribution in [1.82, 2.24) is 10.2 Å². The third kappa shape index (κ3) is 14.5. The molecule has 0 saturated carbocycles. The van der Waals surface area contributed by atoms with Gasteiger partial charge in [0.1, 0.15) is 6.29 Å². The second-order valence-electron chi connectivity index (χ2n) is 8.75. The summed E-state index contributed by atoms with van der Waals surface area (Å²) in [5.41, 5.74) is 2.15. The van der Waals surface area contributed by atoms with Gasteiger partial charge in [0.15, 0.2) is 0 Å². The third-order valence-electron chi connectivity index (χ3n) is 5.89. The number of rotatable bonds is 24. The molecule has 1 aromatic rings. The molecule has 0 radical (unpaired) electrons. The van der Waals surface area contributed by atoms with Crippen molar-refractivity contribution in [2.24, 2.45) is 0 Å². The molecular formula is C26H40IN3O9S. The number of anilines is 1. The standard InChI is InChI=1S/C26H40IN3O9S/c1-30(24-5-6-25(32)29-26(24)33)19-22-21(20-31)3-2-4-23(22)28-7-8-34-9-10-35-11-12-36-13-14-37-15-16-38-17-18-39-40-27/h2-4,20,24,28H,5-19H2,1H3,(H,29,32,33). The van der Waals surface area contributed by atoms with E-state index in [4.69, 9.17) is 27.9 Å². The molecule has 226 valence electrons. The summed E-state index contributed by atoms with van der Waals surface area (Å²) in [6.07, 6.45) is 1.56. The highest BCUT2D eigenvalue weighted by atomic mass is 127. The summed E-state index contributed by atoms with van der Waals surface area (Å²) in [5, 5.41) is 5.69. The quantitative estimate of drug-likeness (QED) is 0.0540. The Morgan fingerprint density at radius 2 is 1.52 bits per heavy atom. The van der Waals surface area contributed by atoms with E-state index in [1.165, 1.54) is 9.21 Å². The highest BCUT2D eigenvalue weighted by Crippen LogP contribution is 2.23. The fourth-order valence-electron chi connectivity index (χ4n) is 3.88. The Morgan fingerprint density at radius 3 is 2.08 bits per heavy atom. The molecule has 1 aromatic carbocycles. The van der Waals surface area contributed by atoms with E-state index in [0.717, 1.165) is 17.5 Å². The van der Waals surface area contributed by atoms with Gasteiger partial charge in [0.05, 0.1) is 87.9 Å². The summed E-state index contributed by atoms with van der Waals surface area (Å²) in [5.74, 6) is -0.561. The summed E-state index contributed by atoms with van der Waals surface area (Å²) >= 11 is 2.06. The van der Waals surface area contributed by atoms with Crippen molar-refractivity contribution in [3.8, 4) is 0 Å². The van der Waals surface area contributed by atoms with Gasteiger partial charge in [-0.15, -0.1) is 0 Å². The maximum absolute atomic E-state index is 12.2. The Hall–Kier alpha value is -1.37. The molecule has 1 aliphatic heterocycles. The normalized spacial score (nSPS) is 15.4. The lowest BCUT2D eigenvalue weighted by Crippen LogP contribution is -2.51. The van der Waals surface area contributed by atoms with Crippen LogP contribution in [0.1, 0.15) is 28.8 Å². The largest absolute Gasteiger partial charge is 0.382 e. The molecule has 2 amide bonds. The summed E-state index contributed by atoms with van der Waals surface area (Å²) in [7, 11) is 3.11. The van der Waals surface area contributed by atoms with Gasteiger partial charge in [-0.05, 0) is 25.1 Å². The maximum atomic E-state index is 12.2. The van der Waals surface area contributed by atoms with Crippen LogP contribution >= 0.6 is 30.4 Å². The molecule has 0 spiro atoms. The van der Waals surface area contributed by atoms with Crippen LogP contribution in [0.2, 0.25) is 0 Å². The number of likely N-dealkylation sites (N-methyl/N-ethyl adjacent to an activating group) is 1. The van der Waals surface area contributed by atoms with Crippen LogP contribution in [0.15, 0.2) is 18.2 Å². The van der Waals surface area contributed by atoms with Crippen LogP contribution in [0.25, 0.3) is 0 Å². The Balaban J connectivity index is 1.52. The van der Waals surface area contributed by atoms with E-state index in [-0.39, 0.29) is 11.8 Å². The molecule has 0 aromatic heterocycles. The number of ether oxygens (including phenoxy) is 5. The topological polar surface area (TPSA) is 134 Å². The van der Waals surface area contributed by atoms with Crippen LogP contribution in [0.3, 0.4) is 0 Å². The number of nitrogens with one attached hydrogen (secondary N) is 2. The van der Waals surface area contributed by atoms with Crippen molar-refractivity contribution in [2.45, 2.75) is 25.4 Å². The Bertz CT molecular complexity index is 884. The number of piperidine rings is 1. The molecule has 2 rings (SSSR count). The van der Waals surface area contributed by atoms with Crippen LogP contribution in [0.5, 0.6) is 0 Å². The Morgan fingerprint density at radius 1 is 0.950 bits per heavy atom. The van der Waals surface area contributed by atoms with Gasteiger partial charge >= 0.3 is 0 Å². The van der Waals surface area contributed by atoms with Crippen LogP contribution in [-0.2, 0) is 44.0 Å². The third-order valence-corrected chi connectivity index (χ3v) is 6.91. The first-order valence-corrected chi connectivity index (χ1v) is 16.5. The van der Waals surface area contributed by atoms with E-state index in [0.29, 0.717) is 104 Å².